The molecule has 5 nitrogen and oxygen atoms in total. The first-order chi connectivity index (χ1) is 11.2. The minimum Gasteiger partial charge on any atom is -0.355 e. The van der Waals surface area contributed by atoms with Crippen LogP contribution >= 0.6 is 23.7 Å². The van der Waals surface area contributed by atoms with E-state index >= 15 is 0 Å². The molecule has 1 saturated heterocycles. The second kappa shape index (κ2) is 8.46. The molecule has 0 radical (unpaired) electrons. The summed E-state index contributed by atoms with van der Waals surface area (Å²) in [6.07, 6.45) is 1.68. The molecule has 2 heterocycles. The smallest absolute Gasteiger partial charge is 0.254 e. The van der Waals surface area contributed by atoms with Crippen molar-refractivity contribution < 1.29 is 9.59 Å². The van der Waals surface area contributed by atoms with Crippen molar-refractivity contribution in [1.82, 2.24) is 10.2 Å². The zero-order chi connectivity index (χ0) is 16.2. The summed E-state index contributed by atoms with van der Waals surface area (Å²) in [5.41, 5.74) is 6.15. The summed E-state index contributed by atoms with van der Waals surface area (Å²) >= 11 is 1.63. The number of nitrogens with two attached hydrogens (primary N) is 1. The Labute approximate surface area is 151 Å². The van der Waals surface area contributed by atoms with Crippen LogP contribution < -0.4 is 11.1 Å². The summed E-state index contributed by atoms with van der Waals surface area (Å²) in [6, 6.07) is 7.80. The third-order valence-corrected chi connectivity index (χ3v) is 5.13. The minimum absolute atomic E-state index is 0. The van der Waals surface area contributed by atoms with Crippen molar-refractivity contribution in [2.45, 2.75) is 12.8 Å². The molecule has 0 bridgehead atoms. The number of carbonyl (C=O) groups is 2. The first kappa shape index (κ1) is 18.7. The molecule has 7 heteroatoms. The number of piperidine rings is 1. The molecule has 1 atom stereocenters. The van der Waals surface area contributed by atoms with Crippen LogP contribution in [0.5, 0.6) is 0 Å². The Morgan fingerprint density at radius 2 is 2.17 bits per heavy atom. The van der Waals surface area contributed by atoms with E-state index in [1.165, 1.54) is 0 Å². The van der Waals surface area contributed by atoms with Crippen molar-refractivity contribution in [1.29, 1.82) is 0 Å². The molecule has 1 aromatic carbocycles. The maximum atomic E-state index is 12.9. The van der Waals surface area contributed by atoms with Gasteiger partial charge in [0, 0.05) is 41.8 Å². The highest BCUT2D eigenvalue weighted by atomic mass is 35.5. The number of halogens is 1. The largest absolute Gasteiger partial charge is 0.355 e. The number of hydrogen-bond acceptors (Lipinski definition) is 4. The van der Waals surface area contributed by atoms with E-state index in [1.54, 1.807) is 11.3 Å². The molecule has 3 N–H and O–H groups in total. The molecule has 0 saturated carbocycles. The second-order valence-electron chi connectivity index (χ2n) is 5.81. The van der Waals surface area contributed by atoms with E-state index in [9.17, 15) is 9.59 Å². The number of fused-ring (bicyclic) bond motifs is 1. The van der Waals surface area contributed by atoms with Gasteiger partial charge in [0.25, 0.3) is 5.91 Å². The normalized spacial score (nSPS) is 17.4. The van der Waals surface area contributed by atoms with Crippen LogP contribution in [-0.2, 0) is 4.79 Å². The number of amides is 2. The number of hydrogen-bond donors (Lipinski definition) is 2. The fourth-order valence-corrected chi connectivity index (χ4v) is 3.88. The highest BCUT2D eigenvalue weighted by Gasteiger charge is 2.29. The standard InChI is InChI=1S/C17H21N3O2S.ClH/c18-7-8-19-16(21)12-3-2-9-20(11-12)17(22)14-4-1-5-15-13(14)6-10-23-15;/h1,4-6,10,12H,2-3,7-9,11,18H2,(H,19,21);1H. The van der Waals surface area contributed by atoms with Gasteiger partial charge in [-0.3, -0.25) is 9.59 Å². The van der Waals surface area contributed by atoms with E-state index in [1.807, 2.05) is 34.5 Å². The zero-order valence-electron chi connectivity index (χ0n) is 13.4. The topological polar surface area (TPSA) is 75.4 Å². The number of carbonyl (C=O) groups excluding carboxylic acids is 2. The molecule has 1 aromatic heterocycles. The Kier molecular flexibility index (Phi) is 6.60. The summed E-state index contributed by atoms with van der Waals surface area (Å²) in [7, 11) is 0. The van der Waals surface area contributed by atoms with Crippen molar-refractivity contribution in [2.24, 2.45) is 11.7 Å². The maximum absolute atomic E-state index is 12.9. The summed E-state index contributed by atoms with van der Waals surface area (Å²) in [5, 5.41) is 5.82. The van der Waals surface area contributed by atoms with E-state index < -0.39 is 0 Å². The molecule has 0 spiro atoms. The molecule has 24 heavy (non-hydrogen) atoms. The number of nitrogens with zero attached hydrogens (tertiary/aromatic N) is 1. The van der Waals surface area contributed by atoms with E-state index in [-0.39, 0.29) is 30.1 Å². The highest BCUT2D eigenvalue weighted by Crippen LogP contribution is 2.26. The molecule has 1 fully saturated rings. The summed E-state index contributed by atoms with van der Waals surface area (Å²) in [6.45, 7) is 2.11. The van der Waals surface area contributed by atoms with Crippen LogP contribution in [0.15, 0.2) is 29.6 Å². The lowest BCUT2D eigenvalue weighted by atomic mass is 9.96. The Balaban J connectivity index is 0.00000208. The van der Waals surface area contributed by atoms with E-state index in [0.29, 0.717) is 26.2 Å². The lowest BCUT2D eigenvalue weighted by Crippen LogP contribution is -2.46. The highest BCUT2D eigenvalue weighted by molar-refractivity contribution is 7.17. The number of likely N-dealkylation sites (tertiary alicyclic amines) is 1. The van der Waals surface area contributed by atoms with Gasteiger partial charge in [0.15, 0.2) is 0 Å². The maximum Gasteiger partial charge on any atom is 0.254 e. The first-order valence-electron chi connectivity index (χ1n) is 7.94. The number of benzene rings is 1. The summed E-state index contributed by atoms with van der Waals surface area (Å²) < 4.78 is 1.12. The van der Waals surface area contributed by atoms with Gasteiger partial charge >= 0.3 is 0 Å². The predicted molar refractivity (Wildman–Crippen MR) is 99.8 cm³/mol. The Hall–Kier alpha value is -1.63. The third-order valence-electron chi connectivity index (χ3n) is 4.25. The van der Waals surface area contributed by atoms with Crippen molar-refractivity contribution in [2.75, 3.05) is 26.2 Å². The molecule has 2 amide bonds. The number of nitrogens with one attached hydrogen (secondary N) is 1. The summed E-state index contributed by atoms with van der Waals surface area (Å²) in [5.74, 6) is -0.118. The second-order valence-corrected chi connectivity index (χ2v) is 6.76. The number of rotatable bonds is 4. The SMILES string of the molecule is Cl.NCCNC(=O)C1CCCN(C(=O)c2cccc3sccc23)C1. The van der Waals surface area contributed by atoms with E-state index in [2.05, 4.69) is 5.32 Å². The van der Waals surface area contributed by atoms with Gasteiger partial charge in [-0.1, -0.05) is 6.07 Å². The Morgan fingerprint density at radius 3 is 2.96 bits per heavy atom. The lowest BCUT2D eigenvalue weighted by molar-refractivity contribution is -0.126. The Bertz CT molecular complexity index is 719. The van der Waals surface area contributed by atoms with Crippen LogP contribution in [0.3, 0.4) is 0 Å². The van der Waals surface area contributed by atoms with Crippen LogP contribution in [0.2, 0.25) is 0 Å². The van der Waals surface area contributed by atoms with Gasteiger partial charge in [-0.05, 0) is 36.4 Å². The summed E-state index contributed by atoms with van der Waals surface area (Å²) in [4.78, 5) is 26.8. The van der Waals surface area contributed by atoms with Crippen molar-refractivity contribution in [3.8, 4) is 0 Å². The molecular formula is C17H22ClN3O2S. The monoisotopic (exact) mass is 367 g/mol. The van der Waals surface area contributed by atoms with Gasteiger partial charge in [0.05, 0.1) is 5.92 Å². The third kappa shape index (κ3) is 3.88. The zero-order valence-corrected chi connectivity index (χ0v) is 15.0. The fourth-order valence-electron chi connectivity index (χ4n) is 3.07. The van der Waals surface area contributed by atoms with Crippen LogP contribution in [0.1, 0.15) is 23.2 Å². The average Bonchev–Trinajstić information content (AvgIpc) is 3.07. The van der Waals surface area contributed by atoms with Crippen LogP contribution in [0, 0.1) is 5.92 Å². The lowest BCUT2D eigenvalue weighted by Gasteiger charge is -2.32. The van der Waals surface area contributed by atoms with Gasteiger partial charge in [-0.15, -0.1) is 23.7 Å². The molecular weight excluding hydrogens is 346 g/mol. The molecule has 0 aliphatic carbocycles. The molecule has 1 unspecified atom stereocenters. The van der Waals surface area contributed by atoms with Crippen LogP contribution in [0.25, 0.3) is 10.1 Å². The fraction of sp³-hybridized carbons (Fsp3) is 0.412. The average molecular weight is 368 g/mol. The minimum atomic E-state index is -0.138. The molecule has 2 aromatic rings. The van der Waals surface area contributed by atoms with Crippen molar-refractivity contribution >= 4 is 45.6 Å². The number of thiophene rings is 1. The molecule has 130 valence electrons. The van der Waals surface area contributed by atoms with Gasteiger partial charge in [0.1, 0.15) is 0 Å². The van der Waals surface area contributed by atoms with Gasteiger partial charge in [-0.2, -0.15) is 0 Å². The van der Waals surface area contributed by atoms with Gasteiger partial charge < -0.3 is 16.0 Å². The molecule has 1 aliphatic heterocycles. The first-order valence-corrected chi connectivity index (χ1v) is 8.82. The molecule has 3 rings (SSSR count). The van der Waals surface area contributed by atoms with E-state index in [0.717, 1.165) is 28.5 Å². The van der Waals surface area contributed by atoms with Gasteiger partial charge in [-0.25, -0.2) is 0 Å². The van der Waals surface area contributed by atoms with Crippen molar-refractivity contribution in [3.63, 3.8) is 0 Å². The van der Waals surface area contributed by atoms with Crippen LogP contribution in [0.4, 0.5) is 0 Å². The quantitative estimate of drug-likeness (QED) is 0.870. The van der Waals surface area contributed by atoms with E-state index in [4.69, 9.17) is 5.73 Å². The Morgan fingerprint density at radius 1 is 1.33 bits per heavy atom. The molecule has 1 aliphatic rings. The predicted octanol–water partition coefficient (Wildman–Crippen LogP) is 2.25. The van der Waals surface area contributed by atoms with Crippen molar-refractivity contribution in [3.05, 3.63) is 35.2 Å². The van der Waals surface area contributed by atoms with Crippen LogP contribution in [-0.4, -0.2) is 42.9 Å². The van der Waals surface area contributed by atoms with Gasteiger partial charge in [0.2, 0.25) is 5.91 Å².